The van der Waals surface area contributed by atoms with Crippen LogP contribution in [-0.2, 0) is 0 Å². The Morgan fingerprint density at radius 3 is 2.67 bits per heavy atom. The Morgan fingerprint density at radius 1 is 1.47 bits per heavy atom. The molecule has 0 unspecified atom stereocenters. The lowest BCUT2D eigenvalue weighted by molar-refractivity contribution is 0.667. The van der Waals surface area contributed by atoms with Crippen molar-refractivity contribution in [2.45, 2.75) is 32.7 Å². The number of rotatable bonds is 5. The summed E-state index contributed by atoms with van der Waals surface area (Å²) in [5, 5.41) is 3.33. The molecule has 5 nitrogen and oxygen atoms in total. The van der Waals surface area contributed by atoms with Crippen LogP contribution in [0.5, 0.6) is 0 Å². The third kappa shape index (κ3) is 3.32. The first-order chi connectivity index (χ1) is 7.21. The van der Waals surface area contributed by atoms with Gasteiger partial charge in [0.05, 0.1) is 4.47 Å². The van der Waals surface area contributed by atoms with E-state index in [-0.39, 0.29) is 0 Å². The fourth-order valence-corrected chi connectivity index (χ4v) is 1.53. The Balaban J connectivity index is 2.82. The lowest BCUT2D eigenvalue weighted by atomic mass is 10.2. The highest BCUT2D eigenvalue weighted by atomic mass is 79.9. The summed E-state index contributed by atoms with van der Waals surface area (Å²) in [5.74, 6) is 6.43. The minimum absolute atomic E-state index is 0.409. The summed E-state index contributed by atoms with van der Waals surface area (Å²) >= 11 is 3.39. The molecule has 1 rings (SSSR count). The first kappa shape index (κ1) is 12.2. The predicted octanol–water partition coefficient (Wildman–Crippen LogP) is 2.13. The molecule has 1 aromatic heterocycles. The number of nitrogen functional groups attached to an aromatic ring is 1. The monoisotopic (exact) mass is 273 g/mol. The zero-order valence-electron chi connectivity index (χ0n) is 8.92. The first-order valence-corrected chi connectivity index (χ1v) is 5.76. The van der Waals surface area contributed by atoms with Crippen molar-refractivity contribution in [3.8, 4) is 0 Å². The smallest absolute Gasteiger partial charge is 0.239 e. The van der Waals surface area contributed by atoms with Gasteiger partial charge in [-0.05, 0) is 28.8 Å². The summed E-state index contributed by atoms with van der Waals surface area (Å²) in [7, 11) is 0. The fraction of sp³-hybridized carbons (Fsp3) is 0.556. The minimum Gasteiger partial charge on any atom is -0.366 e. The number of halogens is 1. The van der Waals surface area contributed by atoms with E-state index < -0.39 is 0 Å². The van der Waals surface area contributed by atoms with Crippen molar-refractivity contribution in [2.75, 3.05) is 10.7 Å². The number of nitrogens with two attached hydrogens (primary N) is 1. The summed E-state index contributed by atoms with van der Waals surface area (Å²) in [5.41, 5.74) is 2.42. The Bertz CT molecular complexity index is 313. The van der Waals surface area contributed by atoms with Crippen molar-refractivity contribution in [1.29, 1.82) is 0 Å². The van der Waals surface area contributed by atoms with E-state index in [9.17, 15) is 0 Å². The second kappa shape index (κ2) is 5.87. The van der Waals surface area contributed by atoms with Crippen molar-refractivity contribution >= 4 is 27.7 Å². The molecule has 84 valence electrons. The molecule has 0 aliphatic heterocycles. The molecule has 15 heavy (non-hydrogen) atoms. The van der Waals surface area contributed by atoms with E-state index in [4.69, 9.17) is 5.84 Å². The molecule has 0 saturated heterocycles. The third-order valence-electron chi connectivity index (χ3n) is 2.20. The van der Waals surface area contributed by atoms with E-state index in [1.807, 2.05) is 0 Å². The molecule has 0 aliphatic rings. The lowest BCUT2D eigenvalue weighted by Gasteiger charge is -2.16. The molecule has 0 atom stereocenters. The van der Waals surface area contributed by atoms with Crippen LogP contribution >= 0.6 is 15.9 Å². The standard InChI is InChI=1S/C9H16BrN5/c1-3-6(4-2)13-8-7(10)5-12-9(14-8)15-11/h5-6H,3-4,11H2,1-2H3,(H2,12,13,14,15). The normalized spacial score (nSPS) is 10.5. The van der Waals surface area contributed by atoms with Gasteiger partial charge in [0.15, 0.2) is 0 Å². The van der Waals surface area contributed by atoms with Crippen molar-refractivity contribution < 1.29 is 0 Å². The van der Waals surface area contributed by atoms with Crippen LogP contribution in [0.2, 0.25) is 0 Å². The van der Waals surface area contributed by atoms with Crippen LogP contribution in [0.15, 0.2) is 10.7 Å². The summed E-state index contributed by atoms with van der Waals surface area (Å²) in [6.07, 6.45) is 3.78. The molecule has 1 heterocycles. The maximum Gasteiger partial charge on any atom is 0.239 e. The fourth-order valence-electron chi connectivity index (χ4n) is 1.22. The second-order valence-corrected chi connectivity index (χ2v) is 4.05. The molecule has 0 spiro atoms. The molecular weight excluding hydrogens is 258 g/mol. The van der Waals surface area contributed by atoms with Crippen LogP contribution in [0.25, 0.3) is 0 Å². The summed E-state index contributed by atoms with van der Waals surface area (Å²) in [6, 6.07) is 0.418. The van der Waals surface area contributed by atoms with Gasteiger partial charge in [0.25, 0.3) is 0 Å². The van der Waals surface area contributed by atoms with Crippen LogP contribution in [0, 0.1) is 0 Å². The molecule has 0 amide bonds. The van der Waals surface area contributed by atoms with E-state index in [1.165, 1.54) is 0 Å². The van der Waals surface area contributed by atoms with Crippen LogP contribution in [0.1, 0.15) is 26.7 Å². The molecule has 0 saturated carbocycles. The van der Waals surface area contributed by atoms with Gasteiger partial charge in [-0.1, -0.05) is 13.8 Å². The zero-order valence-corrected chi connectivity index (χ0v) is 10.5. The predicted molar refractivity (Wildman–Crippen MR) is 65.5 cm³/mol. The molecule has 4 N–H and O–H groups in total. The van der Waals surface area contributed by atoms with Crippen molar-refractivity contribution in [3.63, 3.8) is 0 Å². The van der Waals surface area contributed by atoms with Crippen molar-refractivity contribution in [2.24, 2.45) is 5.84 Å². The van der Waals surface area contributed by atoms with Gasteiger partial charge in [-0.2, -0.15) is 4.98 Å². The summed E-state index contributed by atoms with van der Waals surface area (Å²) in [4.78, 5) is 8.20. The summed E-state index contributed by atoms with van der Waals surface area (Å²) < 4.78 is 0.841. The Morgan fingerprint density at radius 2 is 2.13 bits per heavy atom. The molecular formula is C9H16BrN5. The number of hydrogen-bond donors (Lipinski definition) is 3. The maximum absolute atomic E-state index is 5.25. The largest absolute Gasteiger partial charge is 0.366 e. The average Bonchev–Trinajstić information content (AvgIpc) is 2.28. The van der Waals surface area contributed by atoms with Gasteiger partial charge < -0.3 is 5.32 Å². The second-order valence-electron chi connectivity index (χ2n) is 3.19. The van der Waals surface area contributed by atoms with Gasteiger partial charge in [-0.25, -0.2) is 10.8 Å². The first-order valence-electron chi connectivity index (χ1n) is 4.96. The SMILES string of the molecule is CCC(CC)Nc1nc(NN)ncc1Br. The average molecular weight is 274 g/mol. The van der Waals surface area contributed by atoms with E-state index in [1.54, 1.807) is 6.20 Å². The number of anilines is 2. The van der Waals surface area contributed by atoms with E-state index in [0.29, 0.717) is 12.0 Å². The molecule has 0 fully saturated rings. The highest BCUT2D eigenvalue weighted by Gasteiger charge is 2.08. The van der Waals surface area contributed by atoms with Crippen molar-refractivity contribution in [1.82, 2.24) is 9.97 Å². The van der Waals surface area contributed by atoms with E-state index in [2.05, 4.69) is 50.5 Å². The zero-order chi connectivity index (χ0) is 11.3. The number of aromatic nitrogens is 2. The molecule has 0 bridgehead atoms. The maximum atomic E-state index is 5.25. The molecule has 0 aromatic carbocycles. The Labute approximate surface area is 98.0 Å². The topological polar surface area (TPSA) is 75.9 Å². The van der Waals surface area contributed by atoms with Gasteiger partial charge in [0.2, 0.25) is 5.95 Å². The number of hydrazine groups is 1. The minimum atomic E-state index is 0.409. The van der Waals surface area contributed by atoms with Gasteiger partial charge in [-0.3, -0.25) is 5.43 Å². The molecule has 6 heteroatoms. The highest BCUT2D eigenvalue weighted by molar-refractivity contribution is 9.10. The van der Waals surface area contributed by atoms with Crippen LogP contribution in [-0.4, -0.2) is 16.0 Å². The molecule has 0 radical (unpaired) electrons. The van der Waals surface area contributed by atoms with Gasteiger partial charge >= 0.3 is 0 Å². The highest BCUT2D eigenvalue weighted by Crippen LogP contribution is 2.21. The number of nitrogens with zero attached hydrogens (tertiary/aromatic N) is 2. The van der Waals surface area contributed by atoms with E-state index >= 15 is 0 Å². The van der Waals surface area contributed by atoms with Crippen LogP contribution in [0.3, 0.4) is 0 Å². The van der Waals surface area contributed by atoms with E-state index in [0.717, 1.165) is 23.1 Å². The van der Waals surface area contributed by atoms with Crippen LogP contribution in [0.4, 0.5) is 11.8 Å². The third-order valence-corrected chi connectivity index (χ3v) is 2.78. The molecule has 0 aliphatic carbocycles. The van der Waals surface area contributed by atoms with Crippen LogP contribution < -0.4 is 16.6 Å². The summed E-state index contributed by atoms with van der Waals surface area (Å²) in [6.45, 7) is 4.27. The van der Waals surface area contributed by atoms with Gasteiger partial charge in [0.1, 0.15) is 5.82 Å². The lowest BCUT2D eigenvalue weighted by Crippen LogP contribution is -2.19. The molecule has 1 aromatic rings. The van der Waals surface area contributed by atoms with Crippen molar-refractivity contribution in [3.05, 3.63) is 10.7 Å². The number of nitrogens with one attached hydrogen (secondary N) is 2. The quantitative estimate of drug-likeness (QED) is 0.566. The van der Waals surface area contributed by atoms with Gasteiger partial charge in [-0.15, -0.1) is 0 Å². The van der Waals surface area contributed by atoms with Gasteiger partial charge in [0, 0.05) is 12.2 Å². The number of hydrogen-bond acceptors (Lipinski definition) is 5. The Hall–Kier alpha value is -0.880. The Kier molecular flexibility index (Phi) is 4.77.